The van der Waals surface area contributed by atoms with Crippen LogP contribution in [0.15, 0.2) is 12.1 Å². The molecule has 2 aliphatic rings. The topological polar surface area (TPSA) is 57.5 Å². The molecule has 2 fully saturated rings. The van der Waals surface area contributed by atoms with E-state index in [2.05, 4.69) is 17.1 Å². The number of benzene rings is 1. The Hall–Kier alpha value is -1.68. The Morgan fingerprint density at radius 3 is 3.09 bits per heavy atom. The first-order chi connectivity index (χ1) is 10.6. The molecule has 0 amide bonds. The standard InChI is InChI=1S/C16H20FN3O2/c1-16-9-19-3-4-20(16)8-15(22-10-16)11-5-13(17)12(7-18)14(6-11)21-2/h5-6,15,19H,3-4,8-10H2,1-2H3. The molecule has 2 unspecified atom stereocenters. The summed E-state index contributed by atoms with van der Waals surface area (Å²) in [6, 6.07) is 4.93. The number of nitrogens with zero attached hydrogens (tertiary/aromatic N) is 2. The van der Waals surface area contributed by atoms with Gasteiger partial charge in [-0.3, -0.25) is 4.90 Å². The van der Waals surface area contributed by atoms with Gasteiger partial charge in [0.1, 0.15) is 23.2 Å². The molecule has 0 spiro atoms. The SMILES string of the molecule is COc1cc(C2CN3CCNCC3(C)CO2)cc(F)c1C#N. The predicted molar refractivity (Wildman–Crippen MR) is 79.2 cm³/mol. The van der Waals surface area contributed by atoms with Crippen molar-refractivity contribution in [2.24, 2.45) is 0 Å². The van der Waals surface area contributed by atoms with Crippen LogP contribution in [-0.4, -0.2) is 50.3 Å². The smallest absolute Gasteiger partial charge is 0.145 e. The number of rotatable bonds is 2. The summed E-state index contributed by atoms with van der Waals surface area (Å²) in [6.45, 7) is 6.28. The van der Waals surface area contributed by atoms with Gasteiger partial charge in [-0.15, -0.1) is 0 Å². The van der Waals surface area contributed by atoms with Gasteiger partial charge in [0.15, 0.2) is 0 Å². The predicted octanol–water partition coefficient (Wildman–Crippen LogP) is 1.44. The van der Waals surface area contributed by atoms with E-state index >= 15 is 0 Å². The fourth-order valence-electron chi connectivity index (χ4n) is 3.20. The van der Waals surface area contributed by atoms with E-state index in [1.54, 1.807) is 6.07 Å². The Morgan fingerprint density at radius 1 is 1.55 bits per heavy atom. The Balaban J connectivity index is 1.86. The lowest BCUT2D eigenvalue weighted by Gasteiger charge is -2.50. The molecule has 2 saturated heterocycles. The van der Waals surface area contributed by atoms with Gasteiger partial charge in [0.05, 0.1) is 25.4 Å². The molecule has 3 rings (SSSR count). The molecule has 2 heterocycles. The van der Waals surface area contributed by atoms with Crippen molar-refractivity contribution < 1.29 is 13.9 Å². The van der Waals surface area contributed by atoms with Gasteiger partial charge in [-0.25, -0.2) is 4.39 Å². The molecule has 22 heavy (non-hydrogen) atoms. The summed E-state index contributed by atoms with van der Waals surface area (Å²) >= 11 is 0. The molecule has 0 aromatic heterocycles. The van der Waals surface area contributed by atoms with E-state index in [-0.39, 0.29) is 23.0 Å². The molecule has 5 nitrogen and oxygen atoms in total. The molecule has 2 aliphatic heterocycles. The third kappa shape index (κ3) is 2.56. The Bertz CT molecular complexity index is 616. The van der Waals surface area contributed by atoms with Crippen LogP contribution < -0.4 is 10.1 Å². The maximum atomic E-state index is 14.1. The van der Waals surface area contributed by atoms with Gasteiger partial charge in [-0.2, -0.15) is 5.26 Å². The van der Waals surface area contributed by atoms with E-state index < -0.39 is 5.82 Å². The zero-order valence-corrected chi connectivity index (χ0v) is 12.9. The van der Waals surface area contributed by atoms with Gasteiger partial charge in [0, 0.05) is 26.2 Å². The molecule has 118 valence electrons. The summed E-state index contributed by atoms with van der Waals surface area (Å²) in [5, 5.41) is 12.4. The minimum Gasteiger partial charge on any atom is -0.495 e. The number of halogens is 1. The van der Waals surface area contributed by atoms with E-state index in [9.17, 15) is 4.39 Å². The van der Waals surface area contributed by atoms with Crippen molar-refractivity contribution in [2.75, 3.05) is 39.9 Å². The fraction of sp³-hybridized carbons (Fsp3) is 0.562. The van der Waals surface area contributed by atoms with Crippen LogP contribution in [0.4, 0.5) is 4.39 Å². The van der Waals surface area contributed by atoms with Gasteiger partial charge in [-0.05, 0) is 24.6 Å². The number of piperazine rings is 1. The Kier molecular flexibility index (Phi) is 4.04. The minimum atomic E-state index is -0.561. The summed E-state index contributed by atoms with van der Waals surface area (Å²) in [5.41, 5.74) is 0.646. The number of hydrogen-bond acceptors (Lipinski definition) is 5. The maximum absolute atomic E-state index is 14.1. The van der Waals surface area contributed by atoms with Crippen LogP contribution >= 0.6 is 0 Å². The highest BCUT2D eigenvalue weighted by Gasteiger charge is 2.40. The van der Waals surface area contributed by atoms with E-state index in [0.717, 1.165) is 19.6 Å². The van der Waals surface area contributed by atoms with E-state index in [1.165, 1.54) is 13.2 Å². The molecule has 6 heteroatoms. The van der Waals surface area contributed by atoms with Gasteiger partial charge < -0.3 is 14.8 Å². The first kappa shape index (κ1) is 15.2. The molecule has 1 aromatic rings. The van der Waals surface area contributed by atoms with Crippen LogP contribution in [0.25, 0.3) is 0 Å². The number of hydrogen-bond donors (Lipinski definition) is 1. The van der Waals surface area contributed by atoms with Crippen LogP contribution in [0.2, 0.25) is 0 Å². The third-order valence-corrected chi connectivity index (χ3v) is 4.59. The number of fused-ring (bicyclic) bond motifs is 1. The van der Waals surface area contributed by atoms with Gasteiger partial charge in [-0.1, -0.05) is 0 Å². The van der Waals surface area contributed by atoms with Crippen LogP contribution in [0.1, 0.15) is 24.2 Å². The van der Waals surface area contributed by atoms with E-state index in [4.69, 9.17) is 14.7 Å². The lowest BCUT2D eigenvalue weighted by atomic mass is 9.93. The molecular formula is C16H20FN3O2. The number of nitrogens with one attached hydrogen (secondary N) is 1. The number of ether oxygens (including phenoxy) is 2. The number of morpholine rings is 1. The average molecular weight is 305 g/mol. The largest absolute Gasteiger partial charge is 0.495 e. The van der Waals surface area contributed by atoms with Crippen molar-refractivity contribution in [3.8, 4) is 11.8 Å². The molecule has 1 aromatic carbocycles. The van der Waals surface area contributed by atoms with Crippen molar-refractivity contribution >= 4 is 0 Å². The zero-order valence-electron chi connectivity index (χ0n) is 12.9. The highest BCUT2D eigenvalue weighted by molar-refractivity contribution is 5.47. The first-order valence-corrected chi connectivity index (χ1v) is 7.42. The molecule has 0 radical (unpaired) electrons. The molecule has 0 saturated carbocycles. The number of methoxy groups -OCH3 is 1. The van der Waals surface area contributed by atoms with Crippen LogP contribution in [0.5, 0.6) is 5.75 Å². The molecule has 0 aliphatic carbocycles. The molecular weight excluding hydrogens is 285 g/mol. The monoisotopic (exact) mass is 305 g/mol. The highest BCUT2D eigenvalue weighted by Crippen LogP contribution is 2.34. The van der Waals surface area contributed by atoms with Gasteiger partial charge in [0.25, 0.3) is 0 Å². The van der Waals surface area contributed by atoms with Crippen molar-refractivity contribution in [1.82, 2.24) is 10.2 Å². The summed E-state index contributed by atoms with van der Waals surface area (Å²) in [6.07, 6.45) is -0.206. The van der Waals surface area contributed by atoms with Crippen molar-refractivity contribution in [2.45, 2.75) is 18.6 Å². The average Bonchev–Trinajstić information content (AvgIpc) is 2.53. The van der Waals surface area contributed by atoms with Crippen molar-refractivity contribution in [1.29, 1.82) is 5.26 Å². The third-order valence-electron chi connectivity index (χ3n) is 4.59. The minimum absolute atomic E-state index is 0.00994. The highest BCUT2D eigenvalue weighted by atomic mass is 19.1. The van der Waals surface area contributed by atoms with Crippen molar-refractivity contribution in [3.63, 3.8) is 0 Å². The second-order valence-corrected chi connectivity index (χ2v) is 6.11. The van der Waals surface area contributed by atoms with Gasteiger partial charge >= 0.3 is 0 Å². The Morgan fingerprint density at radius 2 is 2.36 bits per heavy atom. The van der Waals surface area contributed by atoms with Crippen LogP contribution in [0, 0.1) is 17.1 Å². The van der Waals surface area contributed by atoms with Crippen molar-refractivity contribution in [3.05, 3.63) is 29.1 Å². The summed E-state index contributed by atoms with van der Waals surface area (Å²) in [7, 11) is 1.44. The number of nitriles is 1. The Labute approximate surface area is 129 Å². The normalized spacial score (nSPS) is 28.7. The van der Waals surface area contributed by atoms with Crippen LogP contribution in [-0.2, 0) is 4.74 Å². The second kappa shape index (κ2) is 5.84. The lowest BCUT2D eigenvalue weighted by Crippen LogP contribution is -2.65. The maximum Gasteiger partial charge on any atom is 0.145 e. The molecule has 1 N–H and O–H groups in total. The second-order valence-electron chi connectivity index (χ2n) is 6.11. The first-order valence-electron chi connectivity index (χ1n) is 7.42. The molecule has 0 bridgehead atoms. The fourth-order valence-corrected chi connectivity index (χ4v) is 3.20. The van der Waals surface area contributed by atoms with Crippen LogP contribution in [0.3, 0.4) is 0 Å². The zero-order chi connectivity index (χ0) is 15.7. The lowest BCUT2D eigenvalue weighted by molar-refractivity contribution is -0.115. The quantitative estimate of drug-likeness (QED) is 0.896. The van der Waals surface area contributed by atoms with E-state index in [1.807, 2.05) is 6.07 Å². The summed E-state index contributed by atoms with van der Waals surface area (Å²) in [4.78, 5) is 2.39. The summed E-state index contributed by atoms with van der Waals surface area (Å²) in [5.74, 6) is -0.302. The molecule has 2 atom stereocenters. The van der Waals surface area contributed by atoms with E-state index in [0.29, 0.717) is 18.7 Å². The van der Waals surface area contributed by atoms with Gasteiger partial charge in [0.2, 0.25) is 0 Å². The summed E-state index contributed by atoms with van der Waals surface area (Å²) < 4.78 is 25.2.